The lowest BCUT2D eigenvalue weighted by atomic mass is 9.89. The molecular weight excluding hydrogens is 382 g/mol. The van der Waals surface area contributed by atoms with E-state index in [-0.39, 0.29) is 35.5 Å². The number of carbonyl (C=O) groups excluding carboxylic acids is 1. The third-order valence-electron chi connectivity index (χ3n) is 4.79. The van der Waals surface area contributed by atoms with Gasteiger partial charge in [-0.1, -0.05) is 23.7 Å². The maximum absolute atomic E-state index is 12.5. The first-order chi connectivity index (χ1) is 13.5. The zero-order chi connectivity index (χ0) is 19.8. The number of hydrogen-bond donors (Lipinski definition) is 2. The lowest BCUT2D eigenvalue weighted by Gasteiger charge is -2.24. The van der Waals surface area contributed by atoms with E-state index in [0.29, 0.717) is 16.5 Å². The largest absolute Gasteiger partial charge is 0.502 e. The Bertz CT molecular complexity index is 1040. The van der Waals surface area contributed by atoms with Crippen molar-refractivity contribution in [3.8, 4) is 22.9 Å². The molecule has 1 unspecified atom stereocenters. The van der Waals surface area contributed by atoms with E-state index in [0.717, 1.165) is 11.3 Å². The lowest BCUT2D eigenvalue weighted by molar-refractivity contribution is -0.116. The van der Waals surface area contributed by atoms with E-state index in [1.165, 1.54) is 14.2 Å². The first-order valence-corrected chi connectivity index (χ1v) is 8.98. The normalized spacial score (nSPS) is 15.7. The molecule has 28 heavy (non-hydrogen) atoms. The molecule has 144 valence electrons. The van der Waals surface area contributed by atoms with Gasteiger partial charge < -0.3 is 19.9 Å². The minimum Gasteiger partial charge on any atom is -0.502 e. The zero-order valence-electron chi connectivity index (χ0n) is 15.3. The molecule has 4 rings (SSSR count). The first kappa shape index (κ1) is 18.2. The van der Waals surface area contributed by atoms with Crippen LogP contribution in [0.3, 0.4) is 0 Å². The van der Waals surface area contributed by atoms with Gasteiger partial charge in [0.25, 0.3) is 0 Å². The molecular formula is C20H18ClN3O4. The highest BCUT2D eigenvalue weighted by atomic mass is 35.5. The number of rotatable bonds is 4. The Balaban J connectivity index is 1.85. The van der Waals surface area contributed by atoms with Crippen molar-refractivity contribution >= 4 is 23.3 Å². The molecule has 2 N–H and O–H groups in total. The van der Waals surface area contributed by atoms with Crippen LogP contribution in [0.4, 0.5) is 5.82 Å². The average molecular weight is 400 g/mol. The van der Waals surface area contributed by atoms with E-state index in [9.17, 15) is 9.90 Å². The number of ether oxygens (including phenoxy) is 2. The molecule has 1 aromatic heterocycles. The van der Waals surface area contributed by atoms with Crippen LogP contribution in [-0.4, -0.2) is 34.8 Å². The molecule has 0 radical (unpaired) electrons. The Morgan fingerprint density at radius 2 is 1.89 bits per heavy atom. The predicted octanol–water partition coefficient (Wildman–Crippen LogP) is 3.72. The van der Waals surface area contributed by atoms with E-state index >= 15 is 0 Å². The number of methoxy groups -OCH3 is 2. The van der Waals surface area contributed by atoms with Gasteiger partial charge in [-0.15, -0.1) is 0 Å². The highest BCUT2D eigenvalue weighted by Crippen LogP contribution is 2.44. The molecule has 1 atom stereocenters. The van der Waals surface area contributed by atoms with Gasteiger partial charge in [0, 0.05) is 12.3 Å². The zero-order valence-corrected chi connectivity index (χ0v) is 16.0. The molecule has 7 nitrogen and oxygen atoms in total. The number of imidazole rings is 1. The number of para-hydroxylation sites is 1. The molecule has 0 bridgehead atoms. The van der Waals surface area contributed by atoms with E-state index in [1.54, 1.807) is 29.1 Å². The summed E-state index contributed by atoms with van der Waals surface area (Å²) in [7, 11) is 2.92. The van der Waals surface area contributed by atoms with Crippen LogP contribution in [0.1, 0.15) is 23.6 Å². The number of aromatic hydroxyl groups is 1. The summed E-state index contributed by atoms with van der Waals surface area (Å²) in [5.74, 6) is 0.559. The second kappa shape index (κ2) is 7.09. The predicted molar refractivity (Wildman–Crippen MR) is 105 cm³/mol. The van der Waals surface area contributed by atoms with Crippen molar-refractivity contribution in [2.75, 3.05) is 19.5 Å². The van der Waals surface area contributed by atoms with Crippen molar-refractivity contribution in [2.45, 2.75) is 12.3 Å². The Kier molecular flexibility index (Phi) is 4.60. The number of hydrogen-bond acceptors (Lipinski definition) is 5. The van der Waals surface area contributed by atoms with Crippen LogP contribution in [0.25, 0.3) is 5.69 Å². The Labute approximate surface area is 166 Å². The molecule has 0 spiro atoms. The van der Waals surface area contributed by atoms with Gasteiger partial charge in [0.15, 0.2) is 11.5 Å². The van der Waals surface area contributed by atoms with Crippen molar-refractivity contribution in [1.29, 1.82) is 0 Å². The number of benzene rings is 2. The van der Waals surface area contributed by atoms with Gasteiger partial charge in [-0.2, -0.15) is 0 Å². The SMILES string of the molecule is COc1cc(C2CC(=O)Nc3c2ncn3-c2ccccc2Cl)cc(OC)c1O. The van der Waals surface area contributed by atoms with Crippen molar-refractivity contribution in [3.63, 3.8) is 0 Å². The van der Waals surface area contributed by atoms with Gasteiger partial charge in [0.05, 0.1) is 30.6 Å². The summed E-state index contributed by atoms with van der Waals surface area (Å²) in [6.45, 7) is 0. The Hall–Kier alpha value is -3.19. The first-order valence-electron chi connectivity index (χ1n) is 8.60. The molecule has 1 aliphatic heterocycles. The van der Waals surface area contributed by atoms with Crippen LogP contribution in [0.2, 0.25) is 5.02 Å². The van der Waals surface area contributed by atoms with E-state index < -0.39 is 0 Å². The van der Waals surface area contributed by atoms with Gasteiger partial charge in [-0.05, 0) is 29.8 Å². The summed E-state index contributed by atoms with van der Waals surface area (Å²) in [5, 5.41) is 13.6. The molecule has 0 fully saturated rings. The van der Waals surface area contributed by atoms with Crippen LogP contribution >= 0.6 is 11.6 Å². The van der Waals surface area contributed by atoms with E-state index in [4.69, 9.17) is 21.1 Å². The lowest BCUT2D eigenvalue weighted by Crippen LogP contribution is -2.25. The van der Waals surface area contributed by atoms with Crippen LogP contribution in [0.5, 0.6) is 17.2 Å². The van der Waals surface area contributed by atoms with Crippen molar-refractivity contribution < 1.29 is 19.4 Å². The Morgan fingerprint density at radius 3 is 2.54 bits per heavy atom. The molecule has 0 aliphatic carbocycles. The quantitative estimate of drug-likeness (QED) is 0.698. The van der Waals surface area contributed by atoms with Crippen molar-refractivity contribution in [1.82, 2.24) is 9.55 Å². The minimum atomic E-state index is -0.323. The molecule has 0 saturated carbocycles. The van der Waals surface area contributed by atoms with Gasteiger partial charge in [0.1, 0.15) is 12.1 Å². The molecule has 8 heteroatoms. The standard InChI is InChI=1S/C20H18ClN3O4/c1-27-15-7-11(8-16(28-2)19(15)26)12-9-17(25)23-20-18(12)22-10-24(20)14-6-4-3-5-13(14)21/h3-8,10,12,26H,9H2,1-2H3,(H,23,25). The number of aromatic nitrogens is 2. The van der Waals surface area contributed by atoms with Crippen LogP contribution < -0.4 is 14.8 Å². The fourth-order valence-electron chi connectivity index (χ4n) is 3.43. The van der Waals surface area contributed by atoms with Crippen LogP contribution in [0.15, 0.2) is 42.7 Å². The number of nitrogens with zero attached hydrogens (tertiary/aromatic N) is 2. The van der Waals surface area contributed by atoms with Gasteiger partial charge in [-0.3, -0.25) is 9.36 Å². The smallest absolute Gasteiger partial charge is 0.226 e. The number of fused-ring (bicyclic) bond motifs is 1. The van der Waals surface area contributed by atoms with Crippen molar-refractivity contribution in [2.24, 2.45) is 0 Å². The molecule has 0 saturated heterocycles. The van der Waals surface area contributed by atoms with Gasteiger partial charge in [-0.25, -0.2) is 4.98 Å². The third kappa shape index (κ3) is 2.93. The fraction of sp³-hybridized carbons (Fsp3) is 0.200. The highest BCUT2D eigenvalue weighted by molar-refractivity contribution is 6.32. The van der Waals surface area contributed by atoms with E-state index in [1.807, 2.05) is 18.2 Å². The average Bonchev–Trinajstić information content (AvgIpc) is 3.11. The minimum absolute atomic E-state index is 0.0872. The number of amides is 1. The summed E-state index contributed by atoms with van der Waals surface area (Å²) >= 11 is 6.32. The van der Waals surface area contributed by atoms with E-state index in [2.05, 4.69) is 10.3 Å². The second-order valence-corrected chi connectivity index (χ2v) is 6.79. The van der Waals surface area contributed by atoms with Crippen LogP contribution in [0, 0.1) is 0 Å². The summed E-state index contributed by atoms with van der Waals surface area (Å²) in [4.78, 5) is 17.0. The molecule has 2 heterocycles. The topological polar surface area (TPSA) is 85.6 Å². The van der Waals surface area contributed by atoms with Gasteiger partial charge in [0.2, 0.25) is 11.7 Å². The maximum atomic E-state index is 12.5. The molecule has 1 amide bonds. The number of phenols is 1. The number of anilines is 1. The summed E-state index contributed by atoms with van der Waals surface area (Å²) in [5.41, 5.74) is 2.18. The highest BCUT2D eigenvalue weighted by Gasteiger charge is 2.32. The maximum Gasteiger partial charge on any atom is 0.226 e. The van der Waals surface area contributed by atoms with Gasteiger partial charge >= 0.3 is 0 Å². The van der Waals surface area contributed by atoms with Crippen LogP contribution in [-0.2, 0) is 4.79 Å². The Morgan fingerprint density at radius 1 is 1.21 bits per heavy atom. The summed E-state index contributed by atoms with van der Waals surface area (Å²) in [6, 6.07) is 10.7. The third-order valence-corrected chi connectivity index (χ3v) is 5.11. The fourth-order valence-corrected chi connectivity index (χ4v) is 3.65. The number of phenolic OH excluding ortho intramolecular Hbond substituents is 1. The van der Waals surface area contributed by atoms with Crippen molar-refractivity contribution in [3.05, 3.63) is 59.0 Å². The monoisotopic (exact) mass is 399 g/mol. The summed E-state index contributed by atoms with van der Waals surface area (Å²) < 4.78 is 12.3. The summed E-state index contributed by atoms with van der Waals surface area (Å²) in [6.07, 6.45) is 1.85. The molecule has 2 aromatic carbocycles. The number of nitrogens with one attached hydrogen (secondary N) is 1. The number of halogens is 1. The second-order valence-electron chi connectivity index (χ2n) is 6.38. The number of carbonyl (C=O) groups is 1. The molecule has 1 aliphatic rings. The molecule has 3 aromatic rings.